The fourth-order valence-corrected chi connectivity index (χ4v) is 2.89. The summed E-state index contributed by atoms with van der Waals surface area (Å²) in [6.45, 7) is 3.40. The van der Waals surface area contributed by atoms with Crippen molar-refractivity contribution in [3.05, 3.63) is 58.1 Å². The summed E-state index contributed by atoms with van der Waals surface area (Å²) in [4.78, 5) is 37.0. The molecule has 1 aliphatic rings. The lowest BCUT2D eigenvalue weighted by molar-refractivity contribution is -0.384. The van der Waals surface area contributed by atoms with Crippen LogP contribution in [0, 0.1) is 17.0 Å². The lowest BCUT2D eigenvalue weighted by Crippen LogP contribution is -2.48. The Morgan fingerprint density at radius 1 is 1.30 bits per heavy atom. The Balaban J connectivity index is 1.89. The number of fused-ring (bicyclic) bond motifs is 1. The second kappa shape index (κ2) is 7.45. The van der Waals surface area contributed by atoms with Crippen LogP contribution in [0.5, 0.6) is 5.75 Å². The number of carbonyl (C=O) groups is 2. The van der Waals surface area contributed by atoms with Crippen molar-refractivity contribution in [2.75, 3.05) is 16.8 Å². The summed E-state index contributed by atoms with van der Waals surface area (Å²) < 4.78 is 5.63. The number of ether oxygens (including phenoxy) is 1. The van der Waals surface area contributed by atoms with Gasteiger partial charge in [0.1, 0.15) is 12.3 Å². The first kappa shape index (κ1) is 18.4. The van der Waals surface area contributed by atoms with Crippen LogP contribution in [-0.4, -0.2) is 29.4 Å². The first-order chi connectivity index (χ1) is 12.9. The molecule has 1 aliphatic heterocycles. The summed E-state index contributed by atoms with van der Waals surface area (Å²) >= 11 is 0. The molecular formula is C19H19N3O5. The van der Waals surface area contributed by atoms with E-state index in [2.05, 4.69) is 5.32 Å². The van der Waals surface area contributed by atoms with Crippen LogP contribution in [-0.2, 0) is 9.59 Å². The van der Waals surface area contributed by atoms with Crippen LogP contribution in [0.25, 0.3) is 0 Å². The summed E-state index contributed by atoms with van der Waals surface area (Å²) in [5.41, 5.74) is 1.58. The second-order valence-corrected chi connectivity index (χ2v) is 6.21. The molecule has 0 radical (unpaired) electrons. The number of anilines is 2. The number of hydrogen-bond donors (Lipinski definition) is 1. The summed E-state index contributed by atoms with van der Waals surface area (Å²) in [5.74, 6) is -0.451. The number of para-hydroxylation sites is 1. The number of non-ortho nitro benzene ring substituents is 1. The van der Waals surface area contributed by atoms with Crippen molar-refractivity contribution in [2.24, 2.45) is 0 Å². The summed E-state index contributed by atoms with van der Waals surface area (Å²) in [6, 6.07) is 11.3. The number of aryl methyl sites for hydroxylation is 1. The van der Waals surface area contributed by atoms with Gasteiger partial charge in [0, 0.05) is 17.8 Å². The van der Waals surface area contributed by atoms with E-state index in [1.54, 1.807) is 19.1 Å². The van der Waals surface area contributed by atoms with Gasteiger partial charge in [-0.3, -0.25) is 24.6 Å². The molecule has 2 aromatic carbocycles. The van der Waals surface area contributed by atoms with Crippen LogP contribution >= 0.6 is 0 Å². The lowest BCUT2D eigenvalue weighted by atomic mass is 10.1. The van der Waals surface area contributed by atoms with Crippen LogP contribution in [0.3, 0.4) is 0 Å². The van der Waals surface area contributed by atoms with Gasteiger partial charge in [0.25, 0.3) is 11.6 Å². The Hall–Kier alpha value is -3.42. The van der Waals surface area contributed by atoms with E-state index in [4.69, 9.17) is 4.74 Å². The zero-order valence-corrected chi connectivity index (χ0v) is 15.0. The molecule has 1 N–H and O–H groups in total. The first-order valence-corrected chi connectivity index (χ1v) is 8.52. The number of nitrogens with one attached hydrogen (secondary N) is 1. The highest BCUT2D eigenvalue weighted by atomic mass is 16.6. The number of nitro groups is 1. The van der Waals surface area contributed by atoms with Crippen molar-refractivity contribution in [1.82, 2.24) is 0 Å². The molecule has 27 heavy (non-hydrogen) atoms. The van der Waals surface area contributed by atoms with E-state index < -0.39 is 22.8 Å². The molecule has 140 valence electrons. The summed E-state index contributed by atoms with van der Waals surface area (Å²) in [5, 5.41) is 13.8. The van der Waals surface area contributed by atoms with Gasteiger partial charge in [0.05, 0.1) is 10.6 Å². The van der Waals surface area contributed by atoms with E-state index in [1.807, 2.05) is 19.1 Å². The summed E-state index contributed by atoms with van der Waals surface area (Å²) in [7, 11) is 0. The predicted octanol–water partition coefficient (Wildman–Crippen LogP) is 3.05. The second-order valence-electron chi connectivity index (χ2n) is 6.21. The third-order valence-electron chi connectivity index (χ3n) is 4.35. The van der Waals surface area contributed by atoms with Crippen molar-refractivity contribution in [2.45, 2.75) is 26.4 Å². The van der Waals surface area contributed by atoms with Crippen LogP contribution in [0.15, 0.2) is 42.5 Å². The Bertz CT molecular complexity index is 912. The topological polar surface area (TPSA) is 102 Å². The Morgan fingerprint density at radius 2 is 2.04 bits per heavy atom. The van der Waals surface area contributed by atoms with Crippen molar-refractivity contribution in [3.63, 3.8) is 0 Å². The minimum atomic E-state index is -0.731. The molecule has 2 aromatic rings. The van der Waals surface area contributed by atoms with Crippen molar-refractivity contribution >= 4 is 28.9 Å². The third kappa shape index (κ3) is 3.74. The van der Waals surface area contributed by atoms with Crippen LogP contribution in [0.1, 0.15) is 18.9 Å². The Kier molecular flexibility index (Phi) is 5.07. The number of amides is 2. The van der Waals surface area contributed by atoms with E-state index in [-0.39, 0.29) is 17.9 Å². The quantitative estimate of drug-likeness (QED) is 0.645. The van der Waals surface area contributed by atoms with E-state index >= 15 is 0 Å². The van der Waals surface area contributed by atoms with Gasteiger partial charge in [-0.05, 0) is 31.0 Å². The minimum Gasteiger partial charge on any atom is -0.478 e. The van der Waals surface area contributed by atoms with Crippen LogP contribution in [0.4, 0.5) is 17.1 Å². The number of hydrogen-bond acceptors (Lipinski definition) is 5. The van der Waals surface area contributed by atoms with Crippen molar-refractivity contribution < 1.29 is 19.2 Å². The van der Waals surface area contributed by atoms with E-state index in [9.17, 15) is 19.7 Å². The summed E-state index contributed by atoms with van der Waals surface area (Å²) in [6.07, 6.45) is -0.309. The van der Waals surface area contributed by atoms with Gasteiger partial charge in [0.15, 0.2) is 6.10 Å². The SMILES string of the molecule is CCC1Oc2ccc([N+](=O)[O-])cc2N(CC(=O)Nc2ccccc2C)C1=O. The molecule has 8 heteroatoms. The van der Waals surface area contributed by atoms with Gasteiger partial charge in [-0.25, -0.2) is 0 Å². The van der Waals surface area contributed by atoms with Gasteiger partial charge in [-0.15, -0.1) is 0 Å². The number of nitro benzene ring substituents is 1. The third-order valence-corrected chi connectivity index (χ3v) is 4.35. The molecule has 1 atom stereocenters. The standard InChI is InChI=1S/C19H19N3O5/c1-3-16-19(24)21(11-18(23)20-14-7-5-4-6-12(14)2)15-10-13(22(25)26)8-9-17(15)27-16/h4-10,16H,3,11H2,1-2H3,(H,20,23). The zero-order valence-electron chi connectivity index (χ0n) is 15.0. The van der Waals surface area contributed by atoms with Gasteiger partial charge in [0.2, 0.25) is 5.91 Å². The van der Waals surface area contributed by atoms with Gasteiger partial charge >= 0.3 is 0 Å². The fraction of sp³-hybridized carbons (Fsp3) is 0.263. The molecule has 2 amide bonds. The highest BCUT2D eigenvalue weighted by Crippen LogP contribution is 2.37. The lowest BCUT2D eigenvalue weighted by Gasteiger charge is -2.33. The smallest absolute Gasteiger partial charge is 0.271 e. The number of nitrogens with zero attached hydrogens (tertiary/aromatic N) is 2. The molecule has 0 saturated carbocycles. The fourth-order valence-electron chi connectivity index (χ4n) is 2.89. The largest absolute Gasteiger partial charge is 0.478 e. The van der Waals surface area contributed by atoms with Crippen molar-refractivity contribution in [3.8, 4) is 5.75 Å². The number of benzene rings is 2. The van der Waals surface area contributed by atoms with Crippen LogP contribution < -0.4 is 15.0 Å². The Morgan fingerprint density at radius 3 is 2.70 bits per heavy atom. The van der Waals surface area contributed by atoms with E-state index in [0.717, 1.165) is 5.56 Å². The monoisotopic (exact) mass is 369 g/mol. The average molecular weight is 369 g/mol. The molecule has 0 bridgehead atoms. The molecule has 8 nitrogen and oxygen atoms in total. The maximum absolute atomic E-state index is 12.7. The molecule has 1 heterocycles. The average Bonchev–Trinajstić information content (AvgIpc) is 2.65. The molecule has 0 fully saturated rings. The molecule has 1 unspecified atom stereocenters. The molecule has 0 aromatic heterocycles. The van der Waals surface area contributed by atoms with Gasteiger partial charge in [-0.2, -0.15) is 0 Å². The van der Waals surface area contributed by atoms with E-state index in [0.29, 0.717) is 17.9 Å². The first-order valence-electron chi connectivity index (χ1n) is 8.52. The highest BCUT2D eigenvalue weighted by Gasteiger charge is 2.35. The molecular weight excluding hydrogens is 350 g/mol. The molecule has 3 rings (SSSR count). The number of rotatable bonds is 5. The molecule has 0 spiro atoms. The minimum absolute atomic E-state index is 0.176. The normalized spacial score (nSPS) is 15.7. The van der Waals surface area contributed by atoms with Gasteiger partial charge < -0.3 is 10.1 Å². The van der Waals surface area contributed by atoms with Crippen molar-refractivity contribution in [1.29, 1.82) is 0 Å². The number of carbonyl (C=O) groups excluding carboxylic acids is 2. The molecule has 0 aliphatic carbocycles. The van der Waals surface area contributed by atoms with E-state index in [1.165, 1.54) is 23.1 Å². The maximum Gasteiger partial charge on any atom is 0.271 e. The zero-order chi connectivity index (χ0) is 19.6. The van der Waals surface area contributed by atoms with Gasteiger partial charge in [-0.1, -0.05) is 25.1 Å². The maximum atomic E-state index is 12.7. The van der Waals surface area contributed by atoms with Crippen LogP contribution in [0.2, 0.25) is 0 Å². The predicted molar refractivity (Wildman–Crippen MR) is 100.0 cm³/mol. The molecule has 0 saturated heterocycles. The Labute approximate surface area is 155 Å². The highest BCUT2D eigenvalue weighted by molar-refractivity contribution is 6.06.